The van der Waals surface area contributed by atoms with E-state index < -0.39 is 0 Å². The Morgan fingerprint density at radius 1 is 1.28 bits per heavy atom. The number of anilines is 2. The van der Waals surface area contributed by atoms with E-state index in [-0.39, 0.29) is 11.9 Å². The van der Waals surface area contributed by atoms with Crippen molar-refractivity contribution in [1.29, 1.82) is 0 Å². The fourth-order valence-corrected chi connectivity index (χ4v) is 2.89. The highest BCUT2D eigenvalue weighted by atomic mass is 16.5. The van der Waals surface area contributed by atoms with Gasteiger partial charge in [-0.15, -0.1) is 0 Å². The first kappa shape index (κ1) is 17.2. The van der Waals surface area contributed by atoms with Gasteiger partial charge in [-0.05, 0) is 56.2 Å². The van der Waals surface area contributed by atoms with Crippen LogP contribution in [0.3, 0.4) is 0 Å². The second-order valence-electron chi connectivity index (χ2n) is 6.11. The maximum atomic E-state index is 12.8. The molecule has 2 heterocycles. The van der Waals surface area contributed by atoms with Crippen molar-refractivity contribution in [3.05, 3.63) is 48.2 Å². The maximum absolute atomic E-state index is 12.8. The first-order chi connectivity index (χ1) is 12.2. The molecule has 25 heavy (non-hydrogen) atoms. The molecule has 0 aliphatic carbocycles. The lowest BCUT2D eigenvalue weighted by Crippen LogP contribution is -2.43. The van der Waals surface area contributed by atoms with Crippen LogP contribution < -0.4 is 15.8 Å². The van der Waals surface area contributed by atoms with Crippen molar-refractivity contribution in [2.24, 2.45) is 5.73 Å². The van der Waals surface area contributed by atoms with Gasteiger partial charge in [0.1, 0.15) is 11.6 Å². The standard InChI is InChI=1S/C19H24N4O2/c1-2-25-16-7-5-15(6-8-16)22-18-17(4-3-11-21-18)19(24)23-12-9-14(20)10-13-23/h3-8,11,14H,2,9-10,12-13,20H2,1H3,(H,21,22). The number of aromatic nitrogens is 1. The number of hydrogen-bond acceptors (Lipinski definition) is 5. The number of pyridine rings is 1. The fraction of sp³-hybridized carbons (Fsp3) is 0.368. The average Bonchev–Trinajstić information content (AvgIpc) is 2.64. The number of rotatable bonds is 5. The molecule has 1 aliphatic heterocycles. The highest BCUT2D eigenvalue weighted by Crippen LogP contribution is 2.23. The Morgan fingerprint density at radius 3 is 2.68 bits per heavy atom. The lowest BCUT2D eigenvalue weighted by molar-refractivity contribution is 0.0715. The molecule has 1 aromatic heterocycles. The topological polar surface area (TPSA) is 80.5 Å². The monoisotopic (exact) mass is 340 g/mol. The molecule has 0 bridgehead atoms. The molecule has 6 heteroatoms. The van der Waals surface area contributed by atoms with Gasteiger partial charge in [-0.25, -0.2) is 4.98 Å². The predicted octanol–water partition coefficient (Wildman–Crippen LogP) is 2.79. The molecule has 0 radical (unpaired) electrons. The Kier molecular flexibility index (Phi) is 5.50. The molecule has 0 unspecified atom stereocenters. The van der Waals surface area contributed by atoms with Gasteiger partial charge >= 0.3 is 0 Å². The van der Waals surface area contributed by atoms with Gasteiger partial charge in [-0.1, -0.05) is 0 Å². The quantitative estimate of drug-likeness (QED) is 0.875. The molecule has 6 nitrogen and oxygen atoms in total. The van der Waals surface area contributed by atoms with E-state index in [1.165, 1.54) is 0 Å². The molecule has 2 aromatic rings. The van der Waals surface area contributed by atoms with E-state index in [4.69, 9.17) is 10.5 Å². The van der Waals surface area contributed by atoms with Crippen molar-refractivity contribution in [1.82, 2.24) is 9.88 Å². The van der Waals surface area contributed by atoms with Crippen molar-refractivity contribution in [3.8, 4) is 5.75 Å². The Labute approximate surface area is 148 Å². The SMILES string of the molecule is CCOc1ccc(Nc2ncccc2C(=O)N2CCC(N)CC2)cc1. The second kappa shape index (κ2) is 7.98. The van der Waals surface area contributed by atoms with Gasteiger partial charge in [0.25, 0.3) is 5.91 Å². The van der Waals surface area contributed by atoms with Crippen molar-refractivity contribution in [2.75, 3.05) is 25.0 Å². The zero-order valence-electron chi connectivity index (χ0n) is 14.4. The average molecular weight is 340 g/mol. The largest absolute Gasteiger partial charge is 0.494 e. The molecule has 1 saturated heterocycles. The summed E-state index contributed by atoms with van der Waals surface area (Å²) in [6.45, 7) is 3.96. The van der Waals surface area contributed by atoms with Crippen LogP contribution in [-0.2, 0) is 0 Å². The third-order valence-corrected chi connectivity index (χ3v) is 4.29. The summed E-state index contributed by atoms with van der Waals surface area (Å²) >= 11 is 0. The molecule has 1 fully saturated rings. The first-order valence-electron chi connectivity index (χ1n) is 8.67. The van der Waals surface area contributed by atoms with E-state index in [0.717, 1.165) is 24.3 Å². The zero-order valence-corrected chi connectivity index (χ0v) is 14.4. The van der Waals surface area contributed by atoms with E-state index >= 15 is 0 Å². The molecule has 3 rings (SSSR count). The number of benzene rings is 1. The molecule has 1 amide bonds. The van der Waals surface area contributed by atoms with Crippen LogP contribution in [0.2, 0.25) is 0 Å². The number of carbonyl (C=O) groups excluding carboxylic acids is 1. The van der Waals surface area contributed by atoms with Gasteiger partial charge in [0.05, 0.1) is 12.2 Å². The van der Waals surface area contributed by atoms with Crippen molar-refractivity contribution in [2.45, 2.75) is 25.8 Å². The number of carbonyl (C=O) groups is 1. The smallest absolute Gasteiger partial charge is 0.257 e. The number of ether oxygens (including phenoxy) is 1. The fourth-order valence-electron chi connectivity index (χ4n) is 2.89. The molecule has 1 aliphatic rings. The molecular formula is C19H24N4O2. The van der Waals surface area contributed by atoms with Crippen LogP contribution in [0.25, 0.3) is 0 Å². The second-order valence-corrected chi connectivity index (χ2v) is 6.11. The molecule has 132 valence electrons. The molecule has 3 N–H and O–H groups in total. The van der Waals surface area contributed by atoms with Crippen molar-refractivity contribution < 1.29 is 9.53 Å². The number of nitrogens with zero attached hydrogens (tertiary/aromatic N) is 2. The van der Waals surface area contributed by atoms with Gasteiger partial charge in [-0.3, -0.25) is 4.79 Å². The Morgan fingerprint density at radius 2 is 2.00 bits per heavy atom. The van der Waals surface area contributed by atoms with Crippen LogP contribution >= 0.6 is 0 Å². The highest BCUT2D eigenvalue weighted by Gasteiger charge is 2.23. The van der Waals surface area contributed by atoms with Crippen LogP contribution in [0.15, 0.2) is 42.6 Å². The van der Waals surface area contributed by atoms with Gasteiger partial charge < -0.3 is 20.7 Å². The Balaban J connectivity index is 1.75. The third-order valence-electron chi connectivity index (χ3n) is 4.29. The molecule has 0 saturated carbocycles. The number of nitrogens with two attached hydrogens (primary N) is 1. The van der Waals surface area contributed by atoms with Gasteiger partial charge in [-0.2, -0.15) is 0 Å². The number of likely N-dealkylation sites (tertiary alicyclic amines) is 1. The summed E-state index contributed by atoms with van der Waals surface area (Å²) in [6.07, 6.45) is 3.36. The maximum Gasteiger partial charge on any atom is 0.257 e. The Bertz CT molecular complexity index is 710. The van der Waals surface area contributed by atoms with Gasteiger partial charge in [0, 0.05) is 31.0 Å². The summed E-state index contributed by atoms with van der Waals surface area (Å²) in [5.74, 6) is 1.37. The molecular weight excluding hydrogens is 316 g/mol. The number of nitrogens with one attached hydrogen (secondary N) is 1. The Hall–Kier alpha value is -2.60. The van der Waals surface area contributed by atoms with Crippen LogP contribution in [-0.4, -0.2) is 41.5 Å². The summed E-state index contributed by atoms with van der Waals surface area (Å²) in [7, 11) is 0. The summed E-state index contributed by atoms with van der Waals surface area (Å²) in [6, 6.07) is 11.4. The van der Waals surface area contributed by atoms with Crippen LogP contribution in [0.1, 0.15) is 30.1 Å². The zero-order chi connectivity index (χ0) is 17.6. The predicted molar refractivity (Wildman–Crippen MR) is 98.2 cm³/mol. The van der Waals surface area contributed by atoms with E-state index in [0.29, 0.717) is 31.1 Å². The van der Waals surface area contributed by atoms with Crippen molar-refractivity contribution in [3.63, 3.8) is 0 Å². The molecule has 1 aromatic carbocycles. The van der Waals surface area contributed by atoms with E-state index in [1.54, 1.807) is 18.3 Å². The van der Waals surface area contributed by atoms with Crippen molar-refractivity contribution >= 4 is 17.4 Å². The normalized spacial score (nSPS) is 15.0. The summed E-state index contributed by atoms with van der Waals surface area (Å²) in [5, 5.41) is 3.23. The van der Waals surface area contributed by atoms with Crippen LogP contribution in [0, 0.1) is 0 Å². The minimum Gasteiger partial charge on any atom is -0.494 e. The minimum absolute atomic E-state index is 0.00608. The van der Waals surface area contributed by atoms with Crippen LogP contribution in [0.4, 0.5) is 11.5 Å². The lowest BCUT2D eigenvalue weighted by Gasteiger charge is -2.30. The minimum atomic E-state index is -0.00608. The highest BCUT2D eigenvalue weighted by molar-refractivity contribution is 5.99. The van der Waals surface area contributed by atoms with E-state index in [1.807, 2.05) is 36.1 Å². The van der Waals surface area contributed by atoms with E-state index in [9.17, 15) is 4.79 Å². The number of amides is 1. The van der Waals surface area contributed by atoms with E-state index in [2.05, 4.69) is 10.3 Å². The number of piperidine rings is 1. The van der Waals surface area contributed by atoms with Gasteiger partial charge in [0.2, 0.25) is 0 Å². The summed E-state index contributed by atoms with van der Waals surface area (Å²) in [5.41, 5.74) is 7.36. The van der Waals surface area contributed by atoms with Gasteiger partial charge in [0.15, 0.2) is 0 Å². The summed E-state index contributed by atoms with van der Waals surface area (Å²) < 4.78 is 5.45. The molecule has 0 atom stereocenters. The van der Waals surface area contributed by atoms with Crippen LogP contribution in [0.5, 0.6) is 5.75 Å². The lowest BCUT2D eigenvalue weighted by atomic mass is 10.1. The molecule has 0 spiro atoms. The third kappa shape index (κ3) is 4.28. The number of hydrogen-bond donors (Lipinski definition) is 2. The first-order valence-corrected chi connectivity index (χ1v) is 8.67. The summed E-state index contributed by atoms with van der Waals surface area (Å²) in [4.78, 5) is 19.0.